The third-order valence-electron chi connectivity index (χ3n) is 3.49. The van der Waals surface area contributed by atoms with E-state index in [9.17, 15) is 4.79 Å². The van der Waals surface area contributed by atoms with Gasteiger partial charge in [0.2, 0.25) is 0 Å². The quantitative estimate of drug-likeness (QED) is 0.608. The van der Waals surface area contributed by atoms with Crippen molar-refractivity contribution >= 4 is 46.3 Å². The molecule has 0 saturated heterocycles. The second kappa shape index (κ2) is 8.62. The Morgan fingerprint density at radius 1 is 1.33 bits per heavy atom. The van der Waals surface area contributed by atoms with E-state index in [-0.39, 0.29) is 0 Å². The number of nitrogens with zero attached hydrogens (tertiary/aromatic N) is 2. The fourth-order valence-corrected chi connectivity index (χ4v) is 3.53. The minimum absolute atomic E-state index is 0.344. The fraction of sp³-hybridized carbons (Fsp3) is 0.176. The molecule has 0 aliphatic heterocycles. The van der Waals surface area contributed by atoms with Crippen molar-refractivity contribution in [3.05, 3.63) is 45.9 Å². The van der Waals surface area contributed by atoms with Crippen molar-refractivity contribution in [2.75, 3.05) is 18.5 Å². The van der Waals surface area contributed by atoms with Crippen LogP contribution in [0.4, 0.5) is 10.5 Å². The first-order valence-electron chi connectivity index (χ1n) is 7.87. The number of ether oxygens (including phenoxy) is 2. The highest BCUT2D eigenvalue weighted by molar-refractivity contribution is 7.17. The summed E-state index contributed by atoms with van der Waals surface area (Å²) in [5.74, 6) is 0.579. The van der Waals surface area contributed by atoms with E-state index in [2.05, 4.69) is 10.4 Å². The van der Waals surface area contributed by atoms with Crippen LogP contribution in [0.3, 0.4) is 0 Å². The van der Waals surface area contributed by atoms with Crippen molar-refractivity contribution in [1.29, 1.82) is 0 Å². The van der Waals surface area contributed by atoms with Gasteiger partial charge in [0.05, 0.1) is 21.2 Å². The summed E-state index contributed by atoms with van der Waals surface area (Å²) < 4.78 is 13.1. The molecule has 3 N–H and O–H groups in total. The predicted octanol–water partition coefficient (Wildman–Crippen LogP) is 4.40. The lowest BCUT2D eigenvalue weighted by atomic mass is 10.1. The van der Waals surface area contributed by atoms with Gasteiger partial charge in [-0.25, -0.2) is 4.79 Å². The van der Waals surface area contributed by atoms with Gasteiger partial charge in [-0.2, -0.15) is 5.10 Å². The molecule has 3 rings (SSSR count). The molecule has 0 radical (unpaired) electrons. The van der Waals surface area contributed by atoms with Crippen LogP contribution in [-0.4, -0.2) is 29.0 Å². The zero-order chi connectivity index (χ0) is 19.4. The molecular formula is C17H16Cl2N4O3S. The Labute approximate surface area is 169 Å². The molecule has 0 atom stereocenters. The molecule has 1 amide bonds. The molecule has 7 nitrogen and oxygen atoms in total. The number of amides is 1. The number of nitrogens with two attached hydrogens (primary N) is 1. The van der Waals surface area contributed by atoms with Gasteiger partial charge >= 0.3 is 6.09 Å². The van der Waals surface area contributed by atoms with Gasteiger partial charge in [0.25, 0.3) is 0 Å². The monoisotopic (exact) mass is 426 g/mol. The zero-order valence-corrected chi connectivity index (χ0v) is 16.6. The zero-order valence-electron chi connectivity index (χ0n) is 14.2. The van der Waals surface area contributed by atoms with Gasteiger partial charge < -0.3 is 15.2 Å². The highest BCUT2D eigenvalue weighted by atomic mass is 35.5. The van der Waals surface area contributed by atoms with Crippen LogP contribution in [0.2, 0.25) is 9.36 Å². The summed E-state index contributed by atoms with van der Waals surface area (Å²) in [5, 5.41) is 7.68. The molecule has 142 valence electrons. The molecule has 2 heterocycles. The Morgan fingerprint density at radius 2 is 2.15 bits per heavy atom. The van der Waals surface area contributed by atoms with E-state index in [1.807, 2.05) is 0 Å². The van der Waals surface area contributed by atoms with Crippen molar-refractivity contribution in [2.45, 2.75) is 0 Å². The summed E-state index contributed by atoms with van der Waals surface area (Å²) in [6.45, 7) is 0.713. The van der Waals surface area contributed by atoms with Crippen LogP contribution in [0.15, 0.2) is 36.5 Å². The third kappa shape index (κ3) is 4.72. The Balaban J connectivity index is 1.86. The van der Waals surface area contributed by atoms with Crippen LogP contribution in [0.1, 0.15) is 0 Å². The molecule has 0 spiro atoms. The standard InChI is InChI=1S/C17H16Cl2N4O3S/c1-23-16(12(18)9-21-23)11-8-10(2-3-13(11)25-7-6-20)22-17(24)26-15-5-4-14(19)27-15/h2-5,8-9H,6-7,20H2,1H3,(H,22,24). The van der Waals surface area contributed by atoms with Gasteiger partial charge in [0.1, 0.15) is 12.4 Å². The molecule has 10 heteroatoms. The second-order valence-electron chi connectivity index (χ2n) is 5.39. The van der Waals surface area contributed by atoms with Gasteiger partial charge in [0.15, 0.2) is 5.06 Å². The Bertz CT molecular complexity index is 938. The van der Waals surface area contributed by atoms with Gasteiger partial charge in [-0.15, -0.1) is 0 Å². The lowest BCUT2D eigenvalue weighted by Crippen LogP contribution is -2.16. The van der Waals surface area contributed by atoms with Crippen LogP contribution in [0, 0.1) is 0 Å². The summed E-state index contributed by atoms with van der Waals surface area (Å²) in [7, 11) is 1.77. The van der Waals surface area contributed by atoms with Gasteiger partial charge in [0, 0.05) is 24.8 Å². The molecule has 1 aromatic carbocycles. The number of hydrogen-bond acceptors (Lipinski definition) is 6. The van der Waals surface area contributed by atoms with Crippen molar-refractivity contribution in [3.8, 4) is 22.1 Å². The van der Waals surface area contributed by atoms with Crippen LogP contribution in [-0.2, 0) is 7.05 Å². The molecule has 0 bridgehead atoms. The SMILES string of the molecule is Cn1ncc(Cl)c1-c1cc(NC(=O)Oc2ccc(Cl)s2)ccc1OCCN. The molecular weight excluding hydrogens is 411 g/mol. The fourth-order valence-electron chi connectivity index (χ4n) is 2.39. The van der Waals surface area contributed by atoms with E-state index >= 15 is 0 Å². The number of thiophene rings is 1. The summed E-state index contributed by atoms with van der Waals surface area (Å²) in [6.07, 6.45) is 0.907. The van der Waals surface area contributed by atoms with Crippen molar-refractivity contribution in [3.63, 3.8) is 0 Å². The third-order valence-corrected chi connectivity index (χ3v) is 4.88. The average Bonchev–Trinajstić information content (AvgIpc) is 3.18. The van der Waals surface area contributed by atoms with Gasteiger partial charge in [-0.1, -0.05) is 34.5 Å². The molecule has 0 unspecified atom stereocenters. The smallest absolute Gasteiger partial charge is 0.417 e. The molecule has 0 aliphatic rings. The second-order valence-corrected chi connectivity index (χ2v) is 7.47. The minimum Gasteiger partial charge on any atom is -0.492 e. The van der Waals surface area contributed by atoms with Gasteiger partial charge in [-0.05, 0) is 30.3 Å². The van der Waals surface area contributed by atoms with Crippen molar-refractivity contribution < 1.29 is 14.3 Å². The first-order chi connectivity index (χ1) is 13.0. The van der Waals surface area contributed by atoms with E-state index in [1.54, 1.807) is 48.3 Å². The number of carbonyl (C=O) groups is 1. The molecule has 3 aromatic rings. The number of carbonyl (C=O) groups excluding carboxylic acids is 1. The van der Waals surface area contributed by atoms with Crippen molar-refractivity contribution in [2.24, 2.45) is 12.8 Å². The van der Waals surface area contributed by atoms with Crippen LogP contribution in [0.5, 0.6) is 10.8 Å². The first kappa shape index (κ1) is 19.5. The largest absolute Gasteiger partial charge is 0.492 e. The van der Waals surface area contributed by atoms with E-state index < -0.39 is 6.09 Å². The van der Waals surface area contributed by atoms with E-state index in [0.29, 0.717) is 50.3 Å². The maximum atomic E-state index is 12.1. The Hall–Kier alpha value is -2.26. The summed E-state index contributed by atoms with van der Waals surface area (Å²) in [5.41, 5.74) is 7.36. The van der Waals surface area contributed by atoms with Gasteiger partial charge in [-0.3, -0.25) is 10.00 Å². The molecule has 0 saturated carbocycles. The summed E-state index contributed by atoms with van der Waals surface area (Å²) in [4.78, 5) is 12.1. The van der Waals surface area contributed by atoms with Crippen LogP contribution >= 0.6 is 34.5 Å². The number of anilines is 1. The molecule has 0 fully saturated rings. The molecule has 2 aromatic heterocycles. The topological polar surface area (TPSA) is 91.4 Å². The predicted molar refractivity (Wildman–Crippen MR) is 107 cm³/mol. The van der Waals surface area contributed by atoms with E-state index in [1.165, 1.54) is 0 Å². The number of hydrogen-bond donors (Lipinski definition) is 2. The highest BCUT2D eigenvalue weighted by Gasteiger charge is 2.17. The van der Waals surface area contributed by atoms with E-state index in [4.69, 9.17) is 38.4 Å². The lowest BCUT2D eigenvalue weighted by molar-refractivity contribution is 0.216. The number of rotatable bonds is 6. The minimum atomic E-state index is -0.633. The number of benzene rings is 1. The van der Waals surface area contributed by atoms with Crippen LogP contribution in [0.25, 0.3) is 11.3 Å². The highest BCUT2D eigenvalue weighted by Crippen LogP contribution is 2.36. The average molecular weight is 427 g/mol. The maximum absolute atomic E-state index is 12.1. The number of aryl methyl sites for hydroxylation is 1. The Morgan fingerprint density at radius 3 is 2.78 bits per heavy atom. The normalized spacial score (nSPS) is 10.7. The summed E-state index contributed by atoms with van der Waals surface area (Å²) in [6, 6.07) is 8.43. The van der Waals surface area contributed by atoms with Crippen LogP contribution < -0.4 is 20.5 Å². The number of halogens is 2. The van der Waals surface area contributed by atoms with Crippen molar-refractivity contribution in [1.82, 2.24) is 9.78 Å². The Kier molecular flexibility index (Phi) is 6.22. The maximum Gasteiger partial charge on any atom is 0.417 e. The summed E-state index contributed by atoms with van der Waals surface area (Å²) >= 11 is 13.3. The number of nitrogens with one attached hydrogen (secondary N) is 1. The van der Waals surface area contributed by atoms with E-state index in [0.717, 1.165) is 11.3 Å². The molecule has 0 aliphatic carbocycles. The number of aromatic nitrogens is 2. The lowest BCUT2D eigenvalue weighted by Gasteiger charge is -2.14. The molecule has 27 heavy (non-hydrogen) atoms. The first-order valence-corrected chi connectivity index (χ1v) is 9.44.